The zero-order valence-electron chi connectivity index (χ0n) is 11.2. The molecule has 0 fully saturated rings. The summed E-state index contributed by atoms with van der Waals surface area (Å²) in [6.07, 6.45) is 1.84. The predicted molar refractivity (Wildman–Crippen MR) is 83.5 cm³/mol. The predicted octanol–water partition coefficient (Wildman–Crippen LogP) is 4.85. The van der Waals surface area contributed by atoms with Crippen LogP contribution in [0.5, 0.6) is 0 Å². The average molecular weight is 447 g/mol. The van der Waals surface area contributed by atoms with Crippen molar-refractivity contribution >= 4 is 21.7 Å². The molecule has 3 aromatic carbocycles. The van der Waals surface area contributed by atoms with Crippen molar-refractivity contribution in [2.75, 3.05) is 0 Å². The largest absolute Gasteiger partial charge is 0.266 e. The molecule has 0 bridgehead atoms. The van der Waals surface area contributed by atoms with E-state index in [4.69, 9.17) is 0 Å². The van der Waals surface area contributed by atoms with Crippen LogP contribution in [0, 0.1) is 6.07 Å². The van der Waals surface area contributed by atoms with Gasteiger partial charge in [0.1, 0.15) is 0 Å². The molecule has 1 aromatic heterocycles. The summed E-state index contributed by atoms with van der Waals surface area (Å²) in [5.41, 5.74) is 3.29. The summed E-state index contributed by atoms with van der Waals surface area (Å²) in [6, 6.07) is 26.2. The van der Waals surface area contributed by atoms with Crippen LogP contribution in [0.2, 0.25) is 0 Å². The van der Waals surface area contributed by atoms with Gasteiger partial charge in [0.05, 0.1) is 0 Å². The smallest absolute Gasteiger partial charge is 0.0367 e. The second-order valence-electron chi connectivity index (χ2n) is 4.82. The summed E-state index contributed by atoms with van der Waals surface area (Å²) in [6.45, 7) is 0. The topological polar surface area (TPSA) is 12.9 Å². The quantitative estimate of drug-likeness (QED) is 0.381. The van der Waals surface area contributed by atoms with Gasteiger partial charge >= 0.3 is 0 Å². The Hall–Kier alpha value is -2.02. The molecule has 21 heavy (non-hydrogen) atoms. The first kappa shape index (κ1) is 13.9. The Morgan fingerprint density at radius 2 is 1.57 bits per heavy atom. The molecular formula is C19H12IrN-. The fraction of sp³-hybridized carbons (Fsp3) is 0. The van der Waals surface area contributed by atoms with Gasteiger partial charge in [0, 0.05) is 31.8 Å². The monoisotopic (exact) mass is 447 g/mol. The van der Waals surface area contributed by atoms with Crippen molar-refractivity contribution in [1.82, 2.24) is 4.98 Å². The zero-order valence-corrected chi connectivity index (χ0v) is 13.6. The molecule has 0 saturated heterocycles. The van der Waals surface area contributed by atoms with Gasteiger partial charge in [-0.1, -0.05) is 54.1 Å². The third-order valence-corrected chi connectivity index (χ3v) is 3.62. The number of fused-ring (bicyclic) bond motifs is 2. The zero-order chi connectivity index (χ0) is 13.4. The molecule has 0 aliphatic carbocycles. The summed E-state index contributed by atoms with van der Waals surface area (Å²) in [7, 11) is 0. The molecule has 1 nitrogen and oxygen atoms in total. The average Bonchev–Trinajstić information content (AvgIpc) is 2.54. The van der Waals surface area contributed by atoms with E-state index in [9.17, 15) is 0 Å². The van der Waals surface area contributed by atoms with Gasteiger partial charge in [-0.25, -0.2) is 0 Å². The number of rotatable bonds is 1. The molecule has 0 spiro atoms. The van der Waals surface area contributed by atoms with Crippen LogP contribution < -0.4 is 0 Å². The van der Waals surface area contributed by atoms with Crippen molar-refractivity contribution in [3.63, 3.8) is 0 Å². The molecule has 2 heteroatoms. The normalized spacial score (nSPS) is 10.5. The Balaban J connectivity index is 0.00000132. The maximum absolute atomic E-state index is 4.54. The number of benzene rings is 3. The molecule has 4 rings (SSSR count). The van der Waals surface area contributed by atoms with E-state index >= 15 is 0 Å². The maximum atomic E-state index is 4.54. The Morgan fingerprint density at radius 1 is 0.762 bits per heavy atom. The number of hydrogen-bond donors (Lipinski definition) is 0. The van der Waals surface area contributed by atoms with E-state index in [-0.39, 0.29) is 20.1 Å². The van der Waals surface area contributed by atoms with Gasteiger partial charge in [0.2, 0.25) is 0 Å². The molecule has 0 atom stereocenters. The molecule has 4 aromatic rings. The number of aromatic nitrogens is 1. The van der Waals surface area contributed by atoms with Gasteiger partial charge in [-0.15, -0.1) is 34.5 Å². The minimum atomic E-state index is 0. The van der Waals surface area contributed by atoms with Gasteiger partial charge in [-0.2, -0.15) is 0 Å². The molecule has 0 amide bonds. The van der Waals surface area contributed by atoms with Crippen LogP contribution >= 0.6 is 0 Å². The van der Waals surface area contributed by atoms with Crippen molar-refractivity contribution in [2.24, 2.45) is 0 Å². The standard InChI is InChI=1S/C19H12N.Ir/c1-2-10-16-14(6-1)7-3-11-17(16)18-12-4-8-15-9-5-13-20-19(15)18;/h1-10,12-13H;/q-1;. The van der Waals surface area contributed by atoms with Gasteiger partial charge in [0.15, 0.2) is 0 Å². The van der Waals surface area contributed by atoms with Gasteiger partial charge in [0.25, 0.3) is 0 Å². The number of pyridine rings is 1. The van der Waals surface area contributed by atoms with E-state index < -0.39 is 0 Å². The van der Waals surface area contributed by atoms with E-state index in [0.717, 1.165) is 22.0 Å². The fourth-order valence-corrected chi connectivity index (χ4v) is 2.69. The SMILES string of the molecule is [Ir].[c-]1ccc2ccccc2c1-c1cccc2cccnc12. The van der Waals surface area contributed by atoms with E-state index in [2.05, 4.69) is 65.6 Å². The summed E-state index contributed by atoms with van der Waals surface area (Å²) in [5.74, 6) is 0. The van der Waals surface area contributed by atoms with E-state index in [1.807, 2.05) is 18.3 Å². The second-order valence-corrected chi connectivity index (χ2v) is 4.82. The Morgan fingerprint density at radius 3 is 2.52 bits per heavy atom. The Bertz CT molecular complexity index is 827. The molecule has 0 saturated carbocycles. The first-order chi connectivity index (χ1) is 9.93. The van der Waals surface area contributed by atoms with Crippen LogP contribution in [0.15, 0.2) is 72.9 Å². The van der Waals surface area contributed by atoms with E-state index in [0.29, 0.717) is 0 Å². The molecule has 0 N–H and O–H groups in total. The third-order valence-electron chi connectivity index (χ3n) is 3.62. The van der Waals surface area contributed by atoms with Gasteiger partial charge in [-0.3, -0.25) is 4.98 Å². The van der Waals surface area contributed by atoms with Crippen molar-refractivity contribution < 1.29 is 20.1 Å². The summed E-state index contributed by atoms with van der Waals surface area (Å²) in [5, 5.41) is 3.61. The van der Waals surface area contributed by atoms with E-state index in [1.165, 1.54) is 10.8 Å². The summed E-state index contributed by atoms with van der Waals surface area (Å²) < 4.78 is 0. The molecule has 103 valence electrons. The third kappa shape index (κ3) is 2.37. The van der Waals surface area contributed by atoms with Crippen LogP contribution in [0.3, 0.4) is 0 Å². The molecule has 1 heterocycles. The van der Waals surface area contributed by atoms with Gasteiger partial charge < -0.3 is 0 Å². The first-order valence-electron chi connectivity index (χ1n) is 6.67. The fourth-order valence-electron chi connectivity index (χ4n) is 2.69. The van der Waals surface area contributed by atoms with Crippen LogP contribution in [-0.4, -0.2) is 4.98 Å². The van der Waals surface area contributed by atoms with Crippen LogP contribution in [-0.2, 0) is 20.1 Å². The second kappa shape index (κ2) is 5.77. The van der Waals surface area contributed by atoms with Gasteiger partial charge in [-0.05, 0) is 11.5 Å². The molecule has 0 unspecified atom stereocenters. The first-order valence-corrected chi connectivity index (χ1v) is 6.67. The number of nitrogens with zero attached hydrogens (tertiary/aromatic N) is 1. The van der Waals surface area contributed by atoms with Crippen LogP contribution in [0.1, 0.15) is 0 Å². The Kier molecular flexibility index (Phi) is 3.83. The Labute approximate surface area is 137 Å². The minimum Gasteiger partial charge on any atom is -0.266 e. The maximum Gasteiger partial charge on any atom is 0.0367 e. The molecular weight excluding hydrogens is 434 g/mol. The summed E-state index contributed by atoms with van der Waals surface area (Å²) in [4.78, 5) is 4.54. The summed E-state index contributed by atoms with van der Waals surface area (Å²) >= 11 is 0. The molecule has 0 aliphatic rings. The van der Waals surface area contributed by atoms with E-state index in [1.54, 1.807) is 0 Å². The minimum absolute atomic E-state index is 0. The van der Waals surface area contributed by atoms with Crippen LogP contribution in [0.4, 0.5) is 0 Å². The van der Waals surface area contributed by atoms with Crippen molar-refractivity contribution in [3.8, 4) is 11.1 Å². The number of para-hydroxylation sites is 1. The van der Waals surface area contributed by atoms with Crippen LogP contribution in [0.25, 0.3) is 32.8 Å². The van der Waals surface area contributed by atoms with Crippen molar-refractivity contribution in [3.05, 3.63) is 79.0 Å². The molecule has 1 radical (unpaired) electrons. The van der Waals surface area contributed by atoms with Crippen molar-refractivity contribution in [1.29, 1.82) is 0 Å². The molecule has 0 aliphatic heterocycles. The number of hydrogen-bond acceptors (Lipinski definition) is 1. The van der Waals surface area contributed by atoms with Crippen molar-refractivity contribution in [2.45, 2.75) is 0 Å².